The van der Waals surface area contributed by atoms with Crippen molar-refractivity contribution in [1.29, 1.82) is 0 Å². The number of allylic oxidation sites excluding steroid dienone is 2. The number of hydrogen-bond donors (Lipinski definition) is 1. The van der Waals surface area contributed by atoms with Gasteiger partial charge in [-0.1, -0.05) is 71.4 Å². The summed E-state index contributed by atoms with van der Waals surface area (Å²) < 4.78 is 4.91. The molecule has 0 radical (unpaired) electrons. The summed E-state index contributed by atoms with van der Waals surface area (Å²) in [6, 6.07) is 0. The minimum atomic E-state index is -0.463. The van der Waals surface area contributed by atoms with Gasteiger partial charge in [0.15, 0.2) is 0 Å². The van der Waals surface area contributed by atoms with E-state index in [9.17, 15) is 9.59 Å². The molecule has 0 bridgehead atoms. The molecule has 1 amide bonds. The van der Waals surface area contributed by atoms with Crippen LogP contribution in [0.2, 0.25) is 0 Å². The number of likely N-dealkylation sites (tertiary alicyclic amines) is 1. The van der Waals surface area contributed by atoms with Crippen LogP contribution in [0.5, 0.6) is 0 Å². The van der Waals surface area contributed by atoms with E-state index in [4.69, 9.17) is 4.74 Å². The van der Waals surface area contributed by atoms with E-state index in [-0.39, 0.29) is 17.8 Å². The summed E-state index contributed by atoms with van der Waals surface area (Å²) in [6.07, 6.45) is 13.4. The summed E-state index contributed by atoms with van der Waals surface area (Å²) in [5.41, 5.74) is 1.60. The van der Waals surface area contributed by atoms with Gasteiger partial charge in [-0.25, -0.2) is 0 Å². The van der Waals surface area contributed by atoms with Gasteiger partial charge in [0.25, 0.3) is 0 Å². The summed E-state index contributed by atoms with van der Waals surface area (Å²) in [4.78, 5) is 27.4. The van der Waals surface area contributed by atoms with E-state index in [1.807, 2.05) is 20.8 Å². The molecule has 1 aliphatic heterocycles. The fourth-order valence-electron chi connectivity index (χ4n) is 5.26. The molecule has 0 spiro atoms. The Balaban J connectivity index is 2.21. The molecule has 32 heavy (non-hydrogen) atoms. The van der Waals surface area contributed by atoms with Gasteiger partial charge in [0.05, 0.1) is 12.6 Å². The largest absolute Gasteiger partial charge is 0.469 e. The van der Waals surface area contributed by atoms with Gasteiger partial charge < -0.3 is 15.0 Å². The van der Waals surface area contributed by atoms with E-state index in [2.05, 4.69) is 43.1 Å². The maximum Gasteiger partial charge on any atom is 0.305 e. The normalized spacial score (nSPS) is 25.2. The van der Waals surface area contributed by atoms with Gasteiger partial charge in [0, 0.05) is 36.5 Å². The molecule has 1 fully saturated rings. The van der Waals surface area contributed by atoms with Crippen molar-refractivity contribution >= 4 is 11.9 Å². The Morgan fingerprint density at radius 1 is 1.19 bits per heavy atom. The number of methoxy groups -OCH3 is 1. The molecule has 182 valence electrons. The van der Waals surface area contributed by atoms with Crippen molar-refractivity contribution < 1.29 is 14.3 Å². The molecule has 1 saturated heterocycles. The Morgan fingerprint density at radius 2 is 1.84 bits per heavy atom. The summed E-state index contributed by atoms with van der Waals surface area (Å²) in [6.45, 7) is 14.4. The smallest absolute Gasteiger partial charge is 0.305 e. The standard InChI is InChI=1S/C27H46N2O3/c1-8-9-10-11-12-13-16-29-19-21(14-15-23(30)32-7)24-22(29)17-20(2)18-27(24,6)28-25(31)26(3,4)5/h17-18,21,24H,8-16,19H2,1-7H3,(H,28,31). The van der Waals surface area contributed by atoms with Gasteiger partial charge >= 0.3 is 5.97 Å². The number of carbonyl (C=O) groups excluding carboxylic acids is 2. The third-order valence-electron chi connectivity index (χ3n) is 6.95. The van der Waals surface area contributed by atoms with Crippen LogP contribution in [0.25, 0.3) is 0 Å². The van der Waals surface area contributed by atoms with Crippen LogP contribution in [-0.2, 0) is 14.3 Å². The summed E-state index contributed by atoms with van der Waals surface area (Å²) >= 11 is 0. The van der Waals surface area contributed by atoms with Crippen molar-refractivity contribution in [3.05, 3.63) is 23.4 Å². The van der Waals surface area contributed by atoms with Crippen LogP contribution in [0.15, 0.2) is 23.4 Å². The lowest BCUT2D eigenvalue weighted by molar-refractivity contribution is -0.141. The molecule has 2 rings (SSSR count). The first-order valence-electron chi connectivity index (χ1n) is 12.6. The zero-order chi connectivity index (χ0) is 23.9. The summed E-state index contributed by atoms with van der Waals surface area (Å²) in [5, 5.41) is 3.38. The van der Waals surface area contributed by atoms with E-state index >= 15 is 0 Å². The number of nitrogens with one attached hydrogen (secondary N) is 1. The SMILES string of the molecule is CCCCCCCCN1CC(CCC(=O)OC)C2C1=CC(C)=CC2(C)NC(=O)C(C)(C)C. The quantitative estimate of drug-likeness (QED) is 0.331. The highest BCUT2D eigenvalue weighted by Gasteiger charge is 2.49. The Bertz CT molecular complexity index is 719. The van der Waals surface area contributed by atoms with Crippen molar-refractivity contribution in [3.63, 3.8) is 0 Å². The maximum absolute atomic E-state index is 13.0. The highest BCUT2D eigenvalue weighted by atomic mass is 16.5. The molecule has 1 N–H and O–H groups in total. The Hall–Kier alpha value is -1.78. The van der Waals surface area contributed by atoms with Crippen molar-refractivity contribution in [2.24, 2.45) is 17.3 Å². The summed E-state index contributed by atoms with van der Waals surface area (Å²) in [7, 11) is 1.45. The van der Waals surface area contributed by atoms with Crippen LogP contribution < -0.4 is 5.32 Å². The van der Waals surface area contributed by atoms with E-state index in [1.165, 1.54) is 56.9 Å². The molecule has 0 saturated carbocycles. The van der Waals surface area contributed by atoms with Crippen molar-refractivity contribution in [1.82, 2.24) is 10.2 Å². The number of unbranched alkanes of at least 4 members (excludes halogenated alkanes) is 5. The van der Waals surface area contributed by atoms with E-state index in [1.54, 1.807) is 0 Å². The zero-order valence-electron chi connectivity index (χ0n) is 21.6. The molecule has 5 nitrogen and oxygen atoms in total. The predicted molar refractivity (Wildman–Crippen MR) is 131 cm³/mol. The lowest BCUT2D eigenvalue weighted by atomic mass is 9.71. The number of ether oxygens (including phenoxy) is 1. The van der Waals surface area contributed by atoms with Gasteiger partial charge in [-0.3, -0.25) is 9.59 Å². The number of esters is 1. The topological polar surface area (TPSA) is 58.6 Å². The number of rotatable bonds is 11. The zero-order valence-corrected chi connectivity index (χ0v) is 21.6. The Morgan fingerprint density at radius 3 is 2.47 bits per heavy atom. The third-order valence-corrected chi connectivity index (χ3v) is 6.95. The van der Waals surface area contributed by atoms with Gasteiger partial charge in [0.1, 0.15) is 0 Å². The first kappa shape index (κ1) is 26.5. The van der Waals surface area contributed by atoms with Crippen molar-refractivity contribution in [2.75, 3.05) is 20.2 Å². The van der Waals surface area contributed by atoms with Crippen LogP contribution in [0.1, 0.15) is 92.9 Å². The molecule has 3 unspecified atom stereocenters. The molecule has 5 heteroatoms. The Kier molecular flexibility index (Phi) is 9.41. The monoisotopic (exact) mass is 446 g/mol. The second-order valence-corrected chi connectivity index (χ2v) is 11.0. The van der Waals surface area contributed by atoms with Crippen molar-refractivity contribution in [2.45, 2.75) is 98.4 Å². The number of carbonyl (C=O) groups is 2. The molecular weight excluding hydrogens is 400 g/mol. The average molecular weight is 447 g/mol. The highest BCUT2D eigenvalue weighted by Crippen LogP contribution is 2.46. The summed E-state index contributed by atoms with van der Waals surface area (Å²) in [5.74, 6) is 0.372. The van der Waals surface area contributed by atoms with Gasteiger partial charge in [0.2, 0.25) is 5.91 Å². The average Bonchev–Trinajstić information content (AvgIpc) is 3.05. The molecule has 1 heterocycles. The maximum atomic E-state index is 13.0. The molecule has 2 aliphatic rings. The van der Waals surface area contributed by atoms with Gasteiger partial charge in [-0.05, 0) is 38.7 Å². The second-order valence-electron chi connectivity index (χ2n) is 11.0. The molecular formula is C27H46N2O3. The first-order chi connectivity index (χ1) is 15.0. The molecule has 0 aromatic rings. The number of fused-ring (bicyclic) bond motifs is 1. The van der Waals surface area contributed by atoms with E-state index < -0.39 is 11.0 Å². The van der Waals surface area contributed by atoms with E-state index in [0.717, 1.165) is 19.5 Å². The molecule has 3 atom stereocenters. The fourth-order valence-corrected chi connectivity index (χ4v) is 5.26. The number of nitrogens with zero attached hydrogens (tertiary/aromatic N) is 1. The lowest BCUT2D eigenvalue weighted by Crippen LogP contribution is -2.55. The van der Waals surface area contributed by atoms with Crippen LogP contribution >= 0.6 is 0 Å². The molecule has 0 aromatic heterocycles. The lowest BCUT2D eigenvalue weighted by Gasteiger charge is -2.42. The first-order valence-corrected chi connectivity index (χ1v) is 12.6. The number of hydrogen-bond acceptors (Lipinski definition) is 4. The van der Waals surface area contributed by atoms with E-state index in [0.29, 0.717) is 12.3 Å². The predicted octanol–water partition coefficient (Wildman–Crippen LogP) is 5.61. The van der Waals surface area contributed by atoms with Crippen LogP contribution in [-0.4, -0.2) is 42.5 Å². The van der Waals surface area contributed by atoms with Gasteiger partial charge in [-0.15, -0.1) is 0 Å². The van der Waals surface area contributed by atoms with Crippen molar-refractivity contribution in [3.8, 4) is 0 Å². The molecule has 0 aromatic carbocycles. The van der Waals surface area contributed by atoms with Crippen LogP contribution in [0.3, 0.4) is 0 Å². The molecule has 1 aliphatic carbocycles. The van der Waals surface area contributed by atoms with Crippen LogP contribution in [0, 0.1) is 17.3 Å². The minimum absolute atomic E-state index is 0.0615. The third kappa shape index (κ3) is 6.86. The number of amides is 1. The second kappa shape index (κ2) is 11.4. The minimum Gasteiger partial charge on any atom is -0.469 e. The highest BCUT2D eigenvalue weighted by molar-refractivity contribution is 5.82. The van der Waals surface area contributed by atoms with Gasteiger partial charge in [-0.2, -0.15) is 0 Å². The van der Waals surface area contributed by atoms with Crippen LogP contribution in [0.4, 0.5) is 0 Å². The Labute approximate surface area is 196 Å². The fraction of sp³-hybridized carbons (Fsp3) is 0.778.